The van der Waals surface area contributed by atoms with Crippen LogP contribution in [0.3, 0.4) is 0 Å². The molecule has 1 saturated heterocycles. The summed E-state index contributed by atoms with van der Waals surface area (Å²) in [6.45, 7) is -0.130. The molecule has 1 fully saturated rings. The number of ether oxygens (including phenoxy) is 3. The highest BCUT2D eigenvalue weighted by molar-refractivity contribution is 8.00. The Hall–Kier alpha value is -5.08. The van der Waals surface area contributed by atoms with E-state index in [1.807, 2.05) is 60.7 Å². The molecule has 3 heterocycles. The van der Waals surface area contributed by atoms with Crippen molar-refractivity contribution in [2.45, 2.75) is 23.9 Å². The number of nitrogens with zero attached hydrogens (tertiary/aromatic N) is 4. The van der Waals surface area contributed by atoms with Crippen molar-refractivity contribution in [3.8, 4) is 17.2 Å². The third-order valence-electron chi connectivity index (χ3n) is 8.12. The van der Waals surface area contributed by atoms with E-state index < -0.39 is 35.3 Å². The minimum Gasteiger partial charge on any atom is -0.485 e. The molecule has 2 amide bonds. The fraction of sp³-hybridized carbons (Fsp3) is 0.167. The van der Waals surface area contributed by atoms with Crippen molar-refractivity contribution in [1.82, 2.24) is 30.8 Å². The normalized spacial score (nSPS) is 16.6. The van der Waals surface area contributed by atoms with Crippen molar-refractivity contribution < 1.29 is 28.6 Å². The van der Waals surface area contributed by atoms with Gasteiger partial charge in [-0.1, -0.05) is 101 Å². The van der Waals surface area contributed by atoms with E-state index in [1.54, 1.807) is 36.4 Å². The quantitative estimate of drug-likeness (QED) is 0.105. The van der Waals surface area contributed by atoms with E-state index in [2.05, 4.69) is 25.9 Å². The molecule has 2 aliphatic heterocycles. The highest BCUT2D eigenvalue weighted by Crippen LogP contribution is 2.43. The summed E-state index contributed by atoms with van der Waals surface area (Å²) in [7, 11) is 0. The first-order valence-corrected chi connectivity index (χ1v) is 18.0. The van der Waals surface area contributed by atoms with E-state index in [4.69, 9.17) is 49.0 Å². The number of carbonyl (C=O) groups excluding carboxylic acids is 3. The van der Waals surface area contributed by atoms with Crippen LogP contribution in [0.5, 0.6) is 17.2 Å². The molecule has 1 unspecified atom stereocenters. The lowest BCUT2D eigenvalue weighted by molar-refractivity contribution is -0.154. The van der Waals surface area contributed by atoms with Gasteiger partial charge in [0.15, 0.2) is 23.4 Å². The number of aromatic nitrogens is 4. The van der Waals surface area contributed by atoms with Crippen molar-refractivity contribution in [2.24, 2.45) is 0 Å². The molecule has 2 N–H and O–H groups in total. The van der Waals surface area contributed by atoms with Crippen LogP contribution in [0.1, 0.15) is 23.1 Å². The van der Waals surface area contributed by atoms with E-state index in [0.717, 1.165) is 11.1 Å². The second kappa shape index (κ2) is 15.7. The van der Waals surface area contributed by atoms with Crippen LogP contribution < -0.4 is 14.8 Å². The summed E-state index contributed by atoms with van der Waals surface area (Å²) in [5, 5.41) is 16.6. The molecule has 0 bridgehead atoms. The minimum absolute atomic E-state index is 0.0273. The van der Waals surface area contributed by atoms with E-state index in [0.29, 0.717) is 27.1 Å². The molecule has 0 aliphatic carbocycles. The summed E-state index contributed by atoms with van der Waals surface area (Å²) in [6, 6.07) is 27.4. The highest BCUT2D eigenvalue weighted by Gasteiger charge is 2.54. The number of hydrogen-bond donors (Lipinski definition) is 2. The molecule has 7 rings (SSSR count). The van der Waals surface area contributed by atoms with Crippen LogP contribution >= 0.6 is 46.6 Å². The zero-order valence-corrected chi connectivity index (χ0v) is 30.0. The molecule has 52 heavy (non-hydrogen) atoms. The molecule has 16 heteroatoms. The Morgan fingerprint density at radius 2 is 1.58 bits per heavy atom. The zero-order chi connectivity index (χ0) is 36.2. The Morgan fingerprint density at radius 1 is 0.904 bits per heavy atom. The number of rotatable bonds is 12. The highest BCUT2D eigenvalue weighted by atomic mass is 35.5. The van der Waals surface area contributed by atoms with Gasteiger partial charge in [-0.05, 0) is 41.5 Å². The first kappa shape index (κ1) is 35.3. The van der Waals surface area contributed by atoms with Crippen LogP contribution in [0.25, 0.3) is 0 Å². The predicted octanol–water partition coefficient (Wildman–Crippen LogP) is 6.56. The van der Waals surface area contributed by atoms with Gasteiger partial charge in [0, 0.05) is 27.4 Å². The summed E-state index contributed by atoms with van der Waals surface area (Å²) < 4.78 is 18.6. The summed E-state index contributed by atoms with van der Waals surface area (Å²) in [5.74, 6) is -0.330. The summed E-state index contributed by atoms with van der Waals surface area (Å²) in [6.07, 6.45) is -0.959. The topological polar surface area (TPSA) is 149 Å². The third-order valence-corrected chi connectivity index (χ3v) is 10.2. The van der Waals surface area contributed by atoms with Crippen molar-refractivity contribution >= 4 is 64.3 Å². The number of esters is 1. The van der Waals surface area contributed by atoms with Crippen molar-refractivity contribution in [1.29, 1.82) is 0 Å². The smallest absolute Gasteiger partial charge is 0.356 e. The van der Waals surface area contributed by atoms with E-state index in [-0.39, 0.29) is 41.1 Å². The van der Waals surface area contributed by atoms with Crippen molar-refractivity contribution in [3.63, 3.8) is 0 Å². The zero-order valence-electron chi connectivity index (χ0n) is 26.9. The fourth-order valence-electron chi connectivity index (χ4n) is 5.68. The molecule has 0 saturated carbocycles. The van der Waals surface area contributed by atoms with E-state index >= 15 is 0 Å². The number of thioether (sulfide) groups is 1. The number of β-lactam (4-membered cyclic amide) rings is 1. The summed E-state index contributed by atoms with van der Waals surface area (Å²) >= 11 is 20.1. The number of hydrogen-bond acceptors (Lipinski definition) is 10. The lowest BCUT2D eigenvalue weighted by Crippen LogP contribution is -2.70. The molecular formula is C36H27Cl3N6O6S. The molecule has 0 radical (unpaired) electrons. The van der Waals surface area contributed by atoms with Gasteiger partial charge in [0.1, 0.15) is 29.5 Å². The van der Waals surface area contributed by atoms with Crippen LogP contribution in [-0.2, 0) is 25.5 Å². The van der Waals surface area contributed by atoms with Gasteiger partial charge in [-0.25, -0.2) is 4.79 Å². The predicted molar refractivity (Wildman–Crippen MR) is 194 cm³/mol. The lowest BCUT2D eigenvalue weighted by Gasteiger charge is -2.49. The molecule has 4 aromatic carbocycles. The van der Waals surface area contributed by atoms with Crippen molar-refractivity contribution in [3.05, 3.63) is 140 Å². The van der Waals surface area contributed by atoms with Gasteiger partial charge in [-0.15, -0.1) is 22.0 Å². The molecular weight excluding hydrogens is 751 g/mol. The maximum Gasteiger partial charge on any atom is 0.356 e. The van der Waals surface area contributed by atoms with Crippen molar-refractivity contribution in [2.75, 3.05) is 12.4 Å². The molecule has 2 atom stereocenters. The molecule has 5 aromatic rings. The number of H-pyrrole nitrogens is 1. The average molecular weight is 778 g/mol. The second-order valence-electron chi connectivity index (χ2n) is 11.6. The summed E-state index contributed by atoms with van der Waals surface area (Å²) in [5.41, 5.74) is 1.99. The number of aromatic amines is 1. The Bertz CT molecular complexity index is 2100. The first-order valence-electron chi connectivity index (χ1n) is 15.8. The van der Waals surface area contributed by atoms with Gasteiger partial charge in [0.2, 0.25) is 5.91 Å². The maximum absolute atomic E-state index is 14.4. The number of tetrazole rings is 1. The number of halogens is 3. The van der Waals surface area contributed by atoms with Gasteiger partial charge in [-0.3, -0.25) is 14.5 Å². The summed E-state index contributed by atoms with van der Waals surface area (Å²) in [4.78, 5) is 42.3. The monoisotopic (exact) mass is 776 g/mol. The van der Waals surface area contributed by atoms with Crippen LogP contribution in [0, 0.1) is 0 Å². The molecule has 0 spiro atoms. The Balaban J connectivity index is 1.19. The first-order chi connectivity index (χ1) is 25.2. The number of fused-ring (bicyclic) bond motifs is 1. The van der Waals surface area contributed by atoms with Crippen LogP contribution in [-0.4, -0.2) is 67.1 Å². The number of benzene rings is 4. The lowest BCUT2D eigenvalue weighted by atomic mass is 10.0. The van der Waals surface area contributed by atoms with Crippen LogP contribution in [0.15, 0.2) is 108 Å². The van der Waals surface area contributed by atoms with E-state index in [1.165, 1.54) is 16.7 Å². The standard InChI is InChI=1S/C36H27Cl3N6O6S/c37-23-11-13-26(25(39)15-23)50-27-14-12-24(38)16-28(27)49-18-22-19-52-35-31(40-30(46)17-29-41-43-44-42-29)34(47)45(35)32(22)36(48)51-33(20-7-3-1-4-8-20)21-9-5-2-6-10-21/h1-16,31,33,35H,17-19H2,(H,40,46)(H,41,42,43,44)/t31?,35-/m0/s1. The largest absolute Gasteiger partial charge is 0.485 e. The van der Waals surface area contributed by atoms with Crippen LogP contribution in [0.2, 0.25) is 15.1 Å². The van der Waals surface area contributed by atoms with Gasteiger partial charge in [0.25, 0.3) is 5.91 Å². The number of carbonyl (C=O) groups is 3. The Morgan fingerprint density at radius 3 is 2.23 bits per heavy atom. The number of amides is 2. The van der Waals surface area contributed by atoms with Crippen LogP contribution in [0.4, 0.5) is 0 Å². The SMILES string of the molecule is O=C(Cc1nn[nH]n1)NC1C(=O)N2C(C(=O)OC(c3ccccc3)c3ccccc3)=C(COc3cc(Cl)ccc3Oc3ccc(Cl)cc3Cl)CS[C@@H]12. The molecule has 1 aromatic heterocycles. The maximum atomic E-state index is 14.4. The van der Waals surface area contributed by atoms with Gasteiger partial charge in [0.05, 0.1) is 11.4 Å². The third kappa shape index (κ3) is 7.72. The van der Waals surface area contributed by atoms with Gasteiger partial charge < -0.3 is 19.5 Å². The van der Waals surface area contributed by atoms with Gasteiger partial charge in [-0.2, -0.15) is 5.21 Å². The molecule has 264 valence electrons. The van der Waals surface area contributed by atoms with E-state index in [9.17, 15) is 14.4 Å². The number of nitrogens with one attached hydrogen (secondary N) is 2. The van der Waals surface area contributed by atoms with Gasteiger partial charge >= 0.3 is 5.97 Å². The second-order valence-corrected chi connectivity index (χ2v) is 14.0. The fourth-order valence-corrected chi connectivity index (χ4v) is 7.61. The molecule has 2 aliphatic rings. The minimum atomic E-state index is -0.897. The Labute approximate surface area is 316 Å². The Kier molecular flexibility index (Phi) is 10.6. The molecule has 12 nitrogen and oxygen atoms in total. The average Bonchev–Trinajstić information content (AvgIpc) is 3.67.